The van der Waals surface area contributed by atoms with E-state index in [-0.39, 0.29) is 18.7 Å². The highest BCUT2D eigenvalue weighted by molar-refractivity contribution is 6.30. The monoisotopic (exact) mass is 457 g/mol. The Kier molecular flexibility index (Phi) is 7.21. The number of anilines is 1. The van der Waals surface area contributed by atoms with Gasteiger partial charge in [-0.25, -0.2) is 0 Å². The van der Waals surface area contributed by atoms with E-state index in [2.05, 4.69) is 10.7 Å². The zero-order chi connectivity index (χ0) is 23.3. The topological polar surface area (TPSA) is 122 Å². The van der Waals surface area contributed by atoms with Crippen LogP contribution in [-0.2, 0) is 19.1 Å². The minimum atomic E-state index is -0.818. The number of amides is 3. The molecule has 2 aromatic carbocycles. The number of hydrogen-bond donors (Lipinski definition) is 2. The summed E-state index contributed by atoms with van der Waals surface area (Å²) in [5.41, 5.74) is 3.58. The van der Waals surface area contributed by atoms with E-state index in [1.165, 1.54) is 25.1 Å². The zero-order valence-corrected chi connectivity index (χ0v) is 17.8. The van der Waals surface area contributed by atoms with Crippen LogP contribution in [0.4, 0.5) is 5.69 Å². The minimum Gasteiger partial charge on any atom is -0.455 e. The first-order valence-corrected chi connectivity index (χ1v) is 10.0. The van der Waals surface area contributed by atoms with Crippen LogP contribution in [0.1, 0.15) is 34.1 Å². The molecule has 1 aliphatic heterocycles. The number of Topliss-reactive ketones (excluding diaryl/α,β-unsaturated/α-hetero) is 1. The molecule has 9 nitrogen and oxygen atoms in total. The zero-order valence-electron chi connectivity index (χ0n) is 17.1. The molecule has 0 aromatic heterocycles. The van der Waals surface area contributed by atoms with Crippen LogP contribution in [0.2, 0.25) is 5.02 Å². The van der Waals surface area contributed by atoms with Gasteiger partial charge in [-0.1, -0.05) is 23.7 Å². The SMILES string of the molecule is CC(=O)c1cccc(NC(=O)COC(=O)[C@H]2CC(=O)N(NC(=O)c3ccc(Cl)cc3)C2)c1. The number of benzene rings is 2. The molecule has 1 saturated heterocycles. The Morgan fingerprint density at radius 3 is 2.50 bits per heavy atom. The van der Waals surface area contributed by atoms with Crippen LogP contribution < -0.4 is 10.7 Å². The van der Waals surface area contributed by atoms with E-state index in [1.807, 2.05) is 0 Å². The largest absolute Gasteiger partial charge is 0.455 e. The molecule has 10 heteroatoms. The van der Waals surface area contributed by atoms with Gasteiger partial charge in [0.05, 0.1) is 12.5 Å². The second kappa shape index (κ2) is 10.1. The van der Waals surface area contributed by atoms with Gasteiger partial charge in [-0.2, -0.15) is 0 Å². The smallest absolute Gasteiger partial charge is 0.311 e. The van der Waals surface area contributed by atoms with Crippen LogP contribution in [0.3, 0.4) is 0 Å². The van der Waals surface area contributed by atoms with Crippen molar-refractivity contribution < 1.29 is 28.7 Å². The van der Waals surface area contributed by atoms with Gasteiger partial charge in [0.1, 0.15) is 0 Å². The number of carbonyl (C=O) groups is 5. The summed E-state index contributed by atoms with van der Waals surface area (Å²) >= 11 is 5.79. The number of rotatable bonds is 7. The predicted molar refractivity (Wildman–Crippen MR) is 115 cm³/mol. The van der Waals surface area contributed by atoms with Crippen molar-refractivity contribution in [2.75, 3.05) is 18.5 Å². The van der Waals surface area contributed by atoms with Gasteiger partial charge in [-0.05, 0) is 43.3 Å². The van der Waals surface area contributed by atoms with Crippen LogP contribution in [-0.4, -0.2) is 47.6 Å². The minimum absolute atomic E-state index is 0.0702. The second-order valence-electron chi connectivity index (χ2n) is 7.15. The summed E-state index contributed by atoms with van der Waals surface area (Å²) in [6.45, 7) is 0.789. The molecule has 1 aliphatic rings. The summed E-state index contributed by atoms with van der Waals surface area (Å²) in [6.07, 6.45) is -0.151. The number of nitrogens with zero attached hydrogens (tertiary/aromatic N) is 1. The number of carbonyl (C=O) groups excluding carboxylic acids is 5. The Morgan fingerprint density at radius 2 is 1.81 bits per heavy atom. The average Bonchev–Trinajstić information content (AvgIpc) is 3.13. The maximum absolute atomic E-state index is 12.3. The molecule has 0 unspecified atom stereocenters. The summed E-state index contributed by atoms with van der Waals surface area (Å²) < 4.78 is 5.01. The Morgan fingerprint density at radius 1 is 1.09 bits per heavy atom. The lowest BCUT2D eigenvalue weighted by atomic mass is 10.1. The van der Waals surface area contributed by atoms with Gasteiger partial charge < -0.3 is 10.1 Å². The number of ether oxygens (including phenoxy) is 1. The van der Waals surface area contributed by atoms with E-state index in [1.54, 1.807) is 30.3 Å². The van der Waals surface area contributed by atoms with Gasteiger partial charge in [0.2, 0.25) is 5.91 Å². The molecular weight excluding hydrogens is 438 g/mol. The molecule has 0 saturated carbocycles. The molecule has 0 spiro atoms. The first-order chi connectivity index (χ1) is 15.2. The van der Waals surface area contributed by atoms with Gasteiger partial charge in [-0.3, -0.25) is 34.4 Å². The summed E-state index contributed by atoms with van der Waals surface area (Å²) in [4.78, 5) is 60.1. The van der Waals surface area contributed by atoms with Gasteiger partial charge in [-0.15, -0.1) is 0 Å². The first-order valence-electron chi connectivity index (χ1n) is 9.67. The molecule has 0 aliphatic carbocycles. The summed E-state index contributed by atoms with van der Waals surface area (Å²) in [5, 5.41) is 4.06. The van der Waals surface area contributed by atoms with Crippen LogP contribution >= 0.6 is 11.6 Å². The molecule has 166 valence electrons. The third-order valence-corrected chi connectivity index (χ3v) is 4.95. The molecule has 0 radical (unpaired) electrons. The van der Waals surface area contributed by atoms with Crippen molar-refractivity contribution in [1.82, 2.24) is 10.4 Å². The Labute approximate surface area is 188 Å². The molecule has 3 rings (SSSR count). The van der Waals surface area contributed by atoms with Gasteiger partial charge in [0.25, 0.3) is 11.8 Å². The van der Waals surface area contributed by atoms with Crippen molar-refractivity contribution in [2.24, 2.45) is 5.92 Å². The van der Waals surface area contributed by atoms with E-state index >= 15 is 0 Å². The number of esters is 1. The molecule has 32 heavy (non-hydrogen) atoms. The number of ketones is 1. The van der Waals surface area contributed by atoms with Crippen LogP contribution in [0.5, 0.6) is 0 Å². The van der Waals surface area contributed by atoms with Gasteiger partial charge >= 0.3 is 5.97 Å². The summed E-state index contributed by atoms with van der Waals surface area (Å²) in [5.74, 6) is -3.24. The van der Waals surface area contributed by atoms with E-state index < -0.39 is 36.2 Å². The summed E-state index contributed by atoms with van der Waals surface area (Å²) in [6, 6.07) is 12.5. The van der Waals surface area contributed by atoms with E-state index in [0.717, 1.165) is 5.01 Å². The third kappa shape index (κ3) is 5.92. The molecule has 2 aromatic rings. The highest BCUT2D eigenvalue weighted by Gasteiger charge is 2.36. The van der Waals surface area contributed by atoms with Gasteiger partial charge in [0.15, 0.2) is 12.4 Å². The molecule has 2 N–H and O–H groups in total. The van der Waals surface area contributed by atoms with E-state index in [0.29, 0.717) is 21.8 Å². The first kappa shape index (κ1) is 23.0. The highest BCUT2D eigenvalue weighted by Crippen LogP contribution is 2.18. The van der Waals surface area contributed by atoms with Gasteiger partial charge in [0, 0.05) is 28.3 Å². The van der Waals surface area contributed by atoms with Crippen molar-refractivity contribution in [2.45, 2.75) is 13.3 Å². The quantitative estimate of drug-likeness (QED) is 0.485. The highest BCUT2D eigenvalue weighted by atomic mass is 35.5. The fourth-order valence-electron chi connectivity index (χ4n) is 3.03. The fourth-order valence-corrected chi connectivity index (χ4v) is 3.16. The van der Waals surface area contributed by atoms with E-state index in [4.69, 9.17) is 16.3 Å². The van der Waals surface area contributed by atoms with Crippen molar-refractivity contribution in [3.05, 3.63) is 64.7 Å². The van der Waals surface area contributed by atoms with Crippen LogP contribution in [0, 0.1) is 5.92 Å². The van der Waals surface area contributed by atoms with Crippen molar-refractivity contribution >= 4 is 46.8 Å². The number of hydrazine groups is 1. The van der Waals surface area contributed by atoms with Crippen LogP contribution in [0.25, 0.3) is 0 Å². The predicted octanol–water partition coefficient (Wildman–Crippen LogP) is 2.22. The summed E-state index contributed by atoms with van der Waals surface area (Å²) in [7, 11) is 0. The number of nitrogens with one attached hydrogen (secondary N) is 2. The lowest BCUT2D eigenvalue weighted by molar-refractivity contribution is -0.151. The van der Waals surface area contributed by atoms with Crippen molar-refractivity contribution in [3.63, 3.8) is 0 Å². The molecule has 3 amide bonds. The maximum atomic E-state index is 12.3. The Balaban J connectivity index is 1.48. The second-order valence-corrected chi connectivity index (χ2v) is 7.58. The van der Waals surface area contributed by atoms with Crippen molar-refractivity contribution in [3.8, 4) is 0 Å². The maximum Gasteiger partial charge on any atom is 0.311 e. The molecule has 0 bridgehead atoms. The molecular formula is C22H20ClN3O6. The molecule has 1 fully saturated rings. The third-order valence-electron chi connectivity index (χ3n) is 4.70. The average molecular weight is 458 g/mol. The van der Waals surface area contributed by atoms with E-state index in [9.17, 15) is 24.0 Å². The van der Waals surface area contributed by atoms with Crippen molar-refractivity contribution in [1.29, 1.82) is 0 Å². The normalized spacial score (nSPS) is 15.2. The standard InChI is InChI=1S/C22H20ClN3O6/c1-13(27)15-3-2-4-18(9-15)24-19(28)12-32-22(31)16-10-20(29)26(11-16)25-21(30)14-5-7-17(23)8-6-14/h2-9,16H,10-12H2,1H3,(H,24,28)(H,25,30)/t16-/m0/s1. The molecule has 1 atom stereocenters. The van der Waals surface area contributed by atoms with Crippen LogP contribution in [0.15, 0.2) is 48.5 Å². The lowest BCUT2D eigenvalue weighted by Crippen LogP contribution is -2.43. The molecule has 1 heterocycles. The lowest BCUT2D eigenvalue weighted by Gasteiger charge is -2.17. The fraction of sp³-hybridized carbons (Fsp3) is 0.227. The number of hydrogen-bond acceptors (Lipinski definition) is 6. The Bertz CT molecular complexity index is 1070. The Hall–Kier alpha value is -3.72. The number of halogens is 1.